The normalized spacial score (nSPS) is 14.3. The molecule has 0 spiro atoms. The third-order valence-electron chi connectivity index (χ3n) is 13.7. The first kappa shape index (κ1) is 45.5. The van der Waals surface area contributed by atoms with E-state index in [9.17, 15) is 0 Å². The predicted octanol–water partition coefficient (Wildman–Crippen LogP) is 18.1. The summed E-state index contributed by atoms with van der Waals surface area (Å²) < 4.78 is 0. The number of amidine groups is 1. The minimum absolute atomic E-state index is 0.477. The summed E-state index contributed by atoms with van der Waals surface area (Å²) in [5.41, 5.74) is 29.0. The standard InChI is InChI=1S/C68H56N4/c1-3-17-49(4-2)68(69)70-63(40-28-48-18-8-5-9-19-48)57-25-16-26-62(47-57)72-64-27-15-14-24-53(64)29-30-58-45-56(37-43-67(58)72)55-36-42-66-60(46-55)32-31-59-44-54(51-22-12-7-13-23-51)35-41-65(59)71(66)61-38-33-52(34-39-61)50-20-10-6-11-21-50/h3-6,8-12,14-27,29-47H,7,13,28H2,1-2H3,(H2,69,70)/b17-3-,49-4+,63-40-. The van der Waals surface area contributed by atoms with Gasteiger partial charge in [-0.25, -0.2) is 4.99 Å². The van der Waals surface area contributed by atoms with E-state index < -0.39 is 0 Å². The SMILES string of the molecule is C\C=C/C(=C\C)C(/N)=N\C(=C/Cc1ccccc1)c1cccc(N2c3ccccc3C=Cc3cc(-c4ccc5c(c4)C=Cc4cc(C6=CCCC=C6)ccc4N5c4ccc(-c5ccccc5)cc4)ccc32)c1. The quantitative estimate of drug-likeness (QED) is 0.0798. The van der Waals surface area contributed by atoms with Gasteiger partial charge in [0.1, 0.15) is 5.84 Å². The molecule has 0 bridgehead atoms. The van der Waals surface area contributed by atoms with Crippen molar-refractivity contribution in [2.45, 2.75) is 33.1 Å². The van der Waals surface area contributed by atoms with Gasteiger partial charge in [-0.3, -0.25) is 0 Å². The van der Waals surface area contributed by atoms with Gasteiger partial charge in [-0.2, -0.15) is 0 Å². The number of benzene rings is 8. The minimum Gasteiger partial charge on any atom is -0.383 e. The van der Waals surface area contributed by atoms with E-state index in [1.54, 1.807) is 0 Å². The second-order valence-electron chi connectivity index (χ2n) is 18.3. The lowest BCUT2D eigenvalue weighted by Crippen LogP contribution is -2.14. The Balaban J connectivity index is 0.982. The molecule has 3 aliphatic rings. The first-order valence-electron chi connectivity index (χ1n) is 25.0. The van der Waals surface area contributed by atoms with Gasteiger partial charge in [0.25, 0.3) is 0 Å². The fourth-order valence-electron chi connectivity index (χ4n) is 10.0. The Hall–Kier alpha value is -8.99. The van der Waals surface area contributed by atoms with Crippen LogP contribution in [0.1, 0.15) is 65.6 Å². The molecule has 0 saturated heterocycles. The van der Waals surface area contributed by atoms with Crippen molar-refractivity contribution in [3.63, 3.8) is 0 Å². The molecular weight excluding hydrogens is 873 g/mol. The molecule has 2 N–H and O–H groups in total. The van der Waals surface area contributed by atoms with Gasteiger partial charge in [-0.15, -0.1) is 0 Å². The Morgan fingerprint density at radius 3 is 1.72 bits per heavy atom. The summed E-state index contributed by atoms with van der Waals surface area (Å²) in [6.45, 7) is 3.99. The number of allylic oxidation sites excluding steroid dienone is 7. The second-order valence-corrected chi connectivity index (χ2v) is 18.3. The Morgan fingerprint density at radius 1 is 0.500 bits per heavy atom. The Kier molecular flexibility index (Phi) is 13.0. The molecule has 4 nitrogen and oxygen atoms in total. The van der Waals surface area contributed by atoms with Crippen LogP contribution in [0, 0.1) is 0 Å². The summed E-state index contributed by atoms with van der Waals surface area (Å²) in [5.74, 6) is 0.477. The molecule has 8 aromatic rings. The first-order chi connectivity index (χ1) is 35.5. The van der Waals surface area contributed by atoms with Crippen LogP contribution in [0.5, 0.6) is 0 Å². The average Bonchev–Trinajstić information content (AvgIpc) is 3.71. The van der Waals surface area contributed by atoms with Crippen LogP contribution >= 0.6 is 0 Å². The largest absolute Gasteiger partial charge is 0.383 e. The number of para-hydroxylation sites is 1. The average molecular weight is 929 g/mol. The molecule has 0 unspecified atom stereocenters. The Labute approximate surface area is 424 Å². The Bertz CT molecular complexity index is 3560. The number of anilines is 6. The maximum Gasteiger partial charge on any atom is 0.131 e. The van der Waals surface area contributed by atoms with Gasteiger partial charge in [0.05, 0.1) is 28.4 Å². The molecule has 0 saturated carbocycles. The lowest BCUT2D eigenvalue weighted by Gasteiger charge is -2.28. The fourth-order valence-corrected chi connectivity index (χ4v) is 10.0. The van der Waals surface area contributed by atoms with Crippen molar-refractivity contribution < 1.29 is 0 Å². The van der Waals surface area contributed by atoms with E-state index in [1.165, 1.54) is 33.4 Å². The second kappa shape index (κ2) is 20.5. The van der Waals surface area contributed by atoms with Crippen molar-refractivity contribution in [1.29, 1.82) is 0 Å². The summed E-state index contributed by atoms with van der Waals surface area (Å²) in [6, 6.07) is 68.1. The molecule has 0 radical (unpaired) electrons. The Morgan fingerprint density at radius 2 is 1.07 bits per heavy atom. The molecule has 1 aliphatic carbocycles. The number of aliphatic imine (C=N–C) groups is 1. The summed E-state index contributed by atoms with van der Waals surface area (Å²) in [7, 11) is 0. The summed E-state index contributed by atoms with van der Waals surface area (Å²) in [6.07, 6.45) is 27.0. The lowest BCUT2D eigenvalue weighted by atomic mass is 9.97. The molecule has 0 atom stereocenters. The van der Waals surface area contributed by atoms with Crippen molar-refractivity contribution in [3.8, 4) is 22.3 Å². The zero-order chi connectivity index (χ0) is 48.8. The van der Waals surface area contributed by atoms with Gasteiger partial charge in [0, 0.05) is 22.5 Å². The highest BCUT2D eigenvalue weighted by atomic mass is 15.2. The minimum atomic E-state index is 0.477. The smallest absolute Gasteiger partial charge is 0.131 e. The molecule has 348 valence electrons. The maximum absolute atomic E-state index is 6.73. The molecule has 0 fully saturated rings. The topological polar surface area (TPSA) is 44.9 Å². The van der Waals surface area contributed by atoms with Crippen LogP contribution in [0.2, 0.25) is 0 Å². The van der Waals surface area contributed by atoms with E-state index >= 15 is 0 Å². The van der Waals surface area contributed by atoms with Crippen LogP contribution in [0.3, 0.4) is 0 Å². The van der Waals surface area contributed by atoms with E-state index in [2.05, 4.69) is 240 Å². The van der Waals surface area contributed by atoms with Gasteiger partial charge in [0.2, 0.25) is 0 Å². The van der Waals surface area contributed by atoms with Crippen molar-refractivity contribution >= 4 is 75.5 Å². The number of fused-ring (bicyclic) bond motifs is 4. The molecular formula is C68H56N4. The predicted molar refractivity (Wildman–Crippen MR) is 309 cm³/mol. The number of rotatable bonds is 11. The molecule has 2 heterocycles. The molecule has 4 heteroatoms. The zero-order valence-corrected chi connectivity index (χ0v) is 40.8. The highest BCUT2D eigenvalue weighted by molar-refractivity contribution is 6.03. The van der Waals surface area contributed by atoms with Crippen LogP contribution in [-0.4, -0.2) is 5.84 Å². The summed E-state index contributed by atoms with van der Waals surface area (Å²) >= 11 is 0. The van der Waals surface area contributed by atoms with Crippen molar-refractivity contribution in [1.82, 2.24) is 0 Å². The van der Waals surface area contributed by atoms with E-state index in [-0.39, 0.29) is 0 Å². The first-order valence-corrected chi connectivity index (χ1v) is 25.0. The van der Waals surface area contributed by atoms with E-state index in [1.807, 2.05) is 38.1 Å². The van der Waals surface area contributed by atoms with E-state index in [0.29, 0.717) is 5.84 Å². The molecule has 72 heavy (non-hydrogen) atoms. The highest BCUT2D eigenvalue weighted by Crippen LogP contribution is 2.47. The third-order valence-corrected chi connectivity index (χ3v) is 13.7. The number of hydrogen-bond acceptors (Lipinski definition) is 3. The molecule has 0 aromatic heterocycles. The van der Waals surface area contributed by atoms with Crippen molar-refractivity contribution in [2.24, 2.45) is 10.7 Å². The fraction of sp³-hybridized carbons (Fsp3) is 0.0735. The third kappa shape index (κ3) is 9.38. The van der Waals surface area contributed by atoms with Crippen molar-refractivity contribution in [3.05, 3.63) is 275 Å². The van der Waals surface area contributed by atoms with E-state index in [4.69, 9.17) is 10.7 Å². The van der Waals surface area contributed by atoms with Gasteiger partial charge in [-0.05, 0) is 161 Å². The molecule has 8 aromatic carbocycles. The van der Waals surface area contributed by atoms with Crippen LogP contribution in [0.25, 0.3) is 57.8 Å². The van der Waals surface area contributed by atoms with Crippen LogP contribution < -0.4 is 15.5 Å². The number of nitrogens with two attached hydrogens (primary N) is 1. The summed E-state index contributed by atoms with van der Waals surface area (Å²) in [5, 5.41) is 0. The van der Waals surface area contributed by atoms with E-state index in [0.717, 1.165) is 98.0 Å². The van der Waals surface area contributed by atoms with Crippen LogP contribution in [0.4, 0.5) is 34.1 Å². The monoisotopic (exact) mass is 928 g/mol. The van der Waals surface area contributed by atoms with Crippen LogP contribution in [0.15, 0.2) is 241 Å². The number of hydrogen-bond donors (Lipinski definition) is 1. The summed E-state index contributed by atoms with van der Waals surface area (Å²) in [4.78, 5) is 9.89. The molecule has 11 rings (SSSR count). The number of nitrogens with zero attached hydrogens (tertiary/aromatic N) is 3. The molecule has 2 aliphatic heterocycles. The van der Waals surface area contributed by atoms with Gasteiger partial charge < -0.3 is 15.5 Å². The highest BCUT2D eigenvalue weighted by Gasteiger charge is 2.24. The molecule has 0 amide bonds. The van der Waals surface area contributed by atoms with Crippen LogP contribution in [-0.2, 0) is 6.42 Å². The van der Waals surface area contributed by atoms with Gasteiger partial charge in [0.15, 0.2) is 0 Å². The van der Waals surface area contributed by atoms with Gasteiger partial charge in [-0.1, -0.05) is 188 Å². The van der Waals surface area contributed by atoms with Crippen molar-refractivity contribution in [2.75, 3.05) is 9.80 Å². The lowest BCUT2D eigenvalue weighted by molar-refractivity contribution is 1.04. The zero-order valence-electron chi connectivity index (χ0n) is 40.8. The van der Waals surface area contributed by atoms with Gasteiger partial charge >= 0.3 is 0 Å². The maximum atomic E-state index is 6.73.